The van der Waals surface area contributed by atoms with Crippen molar-refractivity contribution < 1.29 is 19.1 Å². The molecule has 2 amide bonds. The number of aromatic amines is 1. The first-order valence-corrected chi connectivity index (χ1v) is 12.1. The summed E-state index contributed by atoms with van der Waals surface area (Å²) in [6.07, 6.45) is 1.32. The van der Waals surface area contributed by atoms with Crippen molar-refractivity contribution in [2.24, 2.45) is 5.92 Å². The quantitative estimate of drug-likeness (QED) is 0.596. The van der Waals surface area contributed by atoms with Crippen molar-refractivity contribution in [1.82, 2.24) is 25.0 Å². The van der Waals surface area contributed by atoms with Gasteiger partial charge in [-0.2, -0.15) is 0 Å². The summed E-state index contributed by atoms with van der Waals surface area (Å²) in [6, 6.07) is 0. The number of aryl methyl sites for hydroxylation is 1. The lowest BCUT2D eigenvalue weighted by atomic mass is 9.96. The lowest BCUT2D eigenvalue weighted by Gasteiger charge is -2.33. The van der Waals surface area contributed by atoms with Crippen LogP contribution in [0.5, 0.6) is 0 Å². The van der Waals surface area contributed by atoms with E-state index in [2.05, 4.69) is 27.1 Å². The summed E-state index contributed by atoms with van der Waals surface area (Å²) in [4.78, 5) is 48.0. The van der Waals surface area contributed by atoms with Crippen molar-refractivity contribution in [3.8, 4) is 0 Å². The second-order valence-electron chi connectivity index (χ2n) is 9.61. The monoisotopic (exact) mass is 461 g/mol. The van der Waals surface area contributed by atoms with Gasteiger partial charge in [-0.25, -0.2) is 4.79 Å². The first-order chi connectivity index (χ1) is 15.7. The van der Waals surface area contributed by atoms with E-state index in [-0.39, 0.29) is 23.8 Å². The highest BCUT2D eigenvalue weighted by atomic mass is 16.5. The van der Waals surface area contributed by atoms with Crippen LogP contribution in [0.25, 0.3) is 0 Å². The fraction of sp³-hybridized carbons (Fsp3) is 0.708. The van der Waals surface area contributed by atoms with Gasteiger partial charge >= 0.3 is 5.97 Å². The summed E-state index contributed by atoms with van der Waals surface area (Å²) in [5.41, 5.74) is 2.04. The summed E-state index contributed by atoms with van der Waals surface area (Å²) in [6.45, 7) is 13.8. The second kappa shape index (κ2) is 11.2. The van der Waals surface area contributed by atoms with Crippen LogP contribution in [-0.4, -0.2) is 103 Å². The maximum Gasteiger partial charge on any atom is 0.340 e. The second-order valence-corrected chi connectivity index (χ2v) is 9.61. The van der Waals surface area contributed by atoms with E-state index < -0.39 is 5.97 Å². The van der Waals surface area contributed by atoms with Crippen LogP contribution in [0.15, 0.2) is 0 Å². The van der Waals surface area contributed by atoms with Crippen molar-refractivity contribution in [3.63, 3.8) is 0 Å². The Hall–Kier alpha value is -2.39. The molecule has 9 nitrogen and oxygen atoms in total. The SMILES string of the molecule is Cc1[nH]c(C(=O)N2CCC[C@H](C(=O)NCCN3CCN(C)CC3)C2)c(C)c1C(=O)OC(C)C. The average Bonchev–Trinajstić information content (AvgIpc) is 3.08. The Morgan fingerprint density at radius 1 is 1.12 bits per heavy atom. The zero-order valence-corrected chi connectivity index (χ0v) is 20.7. The van der Waals surface area contributed by atoms with Crippen LogP contribution < -0.4 is 5.32 Å². The number of ether oxygens (including phenoxy) is 1. The molecule has 33 heavy (non-hydrogen) atoms. The number of carbonyl (C=O) groups is 3. The highest BCUT2D eigenvalue weighted by Gasteiger charge is 2.32. The number of likely N-dealkylation sites (N-methyl/N-ethyl adjacent to an activating group) is 1. The van der Waals surface area contributed by atoms with Crippen molar-refractivity contribution in [2.45, 2.75) is 46.6 Å². The Labute approximate surface area is 196 Å². The number of amides is 2. The highest BCUT2D eigenvalue weighted by Crippen LogP contribution is 2.24. The van der Waals surface area contributed by atoms with Gasteiger partial charge in [-0.15, -0.1) is 0 Å². The van der Waals surface area contributed by atoms with Crippen LogP contribution in [0.1, 0.15) is 58.8 Å². The minimum atomic E-state index is -0.424. The third-order valence-corrected chi connectivity index (χ3v) is 6.60. The topological polar surface area (TPSA) is 98.0 Å². The van der Waals surface area contributed by atoms with E-state index >= 15 is 0 Å². The maximum absolute atomic E-state index is 13.2. The third-order valence-electron chi connectivity index (χ3n) is 6.60. The van der Waals surface area contributed by atoms with Crippen molar-refractivity contribution in [3.05, 3.63) is 22.5 Å². The van der Waals surface area contributed by atoms with Gasteiger partial charge in [0.25, 0.3) is 5.91 Å². The molecule has 0 aliphatic carbocycles. The number of carbonyl (C=O) groups excluding carboxylic acids is 3. The van der Waals surface area contributed by atoms with Crippen molar-refractivity contribution in [2.75, 3.05) is 59.4 Å². The summed E-state index contributed by atoms with van der Waals surface area (Å²) < 4.78 is 5.33. The number of hydrogen-bond donors (Lipinski definition) is 2. The molecule has 2 fully saturated rings. The number of hydrogen-bond acceptors (Lipinski definition) is 6. The molecule has 1 aromatic rings. The molecule has 1 aromatic heterocycles. The zero-order chi connectivity index (χ0) is 24.1. The molecule has 3 heterocycles. The summed E-state index contributed by atoms with van der Waals surface area (Å²) >= 11 is 0. The molecule has 1 atom stereocenters. The molecule has 0 saturated carbocycles. The molecule has 184 valence electrons. The van der Waals surface area contributed by atoms with Crippen LogP contribution in [0.3, 0.4) is 0 Å². The Bertz CT molecular complexity index is 857. The number of nitrogens with zero attached hydrogens (tertiary/aromatic N) is 3. The Morgan fingerprint density at radius 3 is 2.48 bits per heavy atom. The van der Waals surface area contributed by atoms with Gasteiger partial charge in [0.2, 0.25) is 5.91 Å². The molecule has 2 saturated heterocycles. The molecule has 0 bridgehead atoms. The molecule has 0 unspecified atom stereocenters. The van der Waals surface area contributed by atoms with Crippen LogP contribution >= 0.6 is 0 Å². The number of nitrogens with one attached hydrogen (secondary N) is 2. The molecular formula is C24H39N5O4. The van der Waals surface area contributed by atoms with E-state index in [1.165, 1.54) is 0 Å². The van der Waals surface area contributed by atoms with Gasteiger partial charge in [0.1, 0.15) is 5.69 Å². The lowest BCUT2D eigenvalue weighted by molar-refractivity contribution is -0.126. The standard InChI is InChI=1S/C24H39N5O4/c1-16(2)33-24(32)20-17(3)21(26-18(20)4)23(31)29-9-6-7-19(15-29)22(30)25-8-10-28-13-11-27(5)12-14-28/h16,19,26H,6-15H2,1-5H3,(H,25,30)/t19-/m0/s1. The van der Waals surface area contributed by atoms with Crippen LogP contribution in [-0.2, 0) is 9.53 Å². The predicted molar refractivity (Wildman–Crippen MR) is 126 cm³/mol. The molecule has 0 aromatic carbocycles. The van der Waals surface area contributed by atoms with Gasteiger partial charge in [0.05, 0.1) is 17.6 Å². The average molecular weight is 462 g/mol. The number of H-pyrrole nitrogens is 1. The normalized spacial score (nSPS) is 20.2. The Kier molecular flexibility index (Phi) is 8.53. The Balaban J connectivity index is 1.56. The highest BCUT2D eigenvalue weighted by molar-refractivity contribution is 6.00. The molecule has 0 radical (unpaired) electrons. The summed E-state index contributed by atoms with van der Waals surface area (Å²) in [5, 5.41) is 3.07. The fourth-order valence-corrected chi connectivity index (χ4v) is 4.63. The van der Waals surface area contributed by atoms with Gasteiger partial charge in [-0.3, -0.25) is 14.5 Å². The van der Waals surface area contributed by atoms with E-state index in [1.807, 2.05) is 0 Å². The molecule has 3 rings (SSSR count). The molecule has 2 aliphatic rings. The Morgan fingerprint density at radius 2 is 1.82 bits per heavy atom. The van der Waals surface area contributed by atoms with Gasteiger partial charge in [-0.05, 0) is 53.1 Å². The number of aromatic nitrogens is 1. The molecule has 2 aliphatic heterocycles. The van der Waals surface area contributed by atoms with Gasteiger partial charge in [-0.1, -0.05) is 0 Å². The zero-order valence-electron chi connectivity index (χ0n) is 20.7. The predicted octanol–water partition coefficient (Wildman–Crippen LogP) is 1.41. The van der Waals surface area contributed by atoms with Crippen molar-refractivity contribution >= 4 is 17.8 Å². The molecule has 2 N–H and O–H groups in total. The lowest BCUT2D eigenvalue weighted by Crippen LogP contribution is -2.49. The van der Waals surface area contributed by atoms with Crippen LogP contribution in [0.4, 0.5) is 0 Å². The largest absolute Gasteiger partial charge is 0.459 e. The number of esters is 1. The number of piperazine rings is 1. The maximum atomic E-state index is 13.2. The first kappa shape index (κ1) is 25.2. The van der Waals surface area contributed by atoms with E-state index in [9.17, 15) is 14.4 Å². The summed E-state index contributed by atoms with van der Waals surface area (Å²) in [7, 11) is 2.13. The van der Waals surface area contributed by atoms with Gasteiger partial charge in [0, 0.05) is 58.1 Å². The molecule has 9 heteroatoms. The van der Waals surface area contributed by atoms with E-state index in [0.29, 0.717) is 42.1 Å². The number of likely N-dealkylation sites (tertiary alicyclic amines) is 1. The third kappa shape index (κ3) is 6.35. The minimum Gasteiger partial charge on any atom is -0.459 e. The fourth-order valence-electron chi connectivity index (χ4n) is 4.63. The smallest absolute Gasteiger partial charge is 0.340 e. The number of rotatable bonds is 7. The van der Waals surface area contributed by atoms with Crippen LogP contribution in [0.2, 0.25) is 0 Å². The molecular weight excluding hydrogens is 422 g/mol. The first-order valence-electron chi connectivity index (χ1n) is 12.1. The van der Waals surface area contributed by atoms with E-state index in [4.69, 9.17) is 4.74 Å². The van der Waals surface area contributed by atoms with Gasteiger partial charge in [0.15, 0.2) is 0 Å². The van der Waals surface area contributed by atoms with Crippen LogP contribution in [0, 0.1) is 19.8 Å². The van der Waals surface area contributed by atoms with Gasteiger partial charge < -0.3 is 24.8 Å². The van der Waals surface area contributed by atoms with E-state index in [1.54, 1.807) is 32.6 Å². The van der Waals surface area contributed by atoms with E-state index in [0.717, 1.165) is 45.6 Å². The van der Waals surface area contributed by atoms with Crippen molar-refractivity contribution in [1.29, 1.82) is 0 Å². The minimum absolute atomic E-state index is 0.0159. The molecule has 0 spiro atoms. The number of piperidine rings is 1. The summed E-state index contributed by atoms with van der Waals surface area (Å²) in [5.74, 6) is -0.792.